The van der Waals surface area contributed by atoms with Crippen LogP contribution in [-0.2, 0) is 0 Å². The Kier molecular flexibility index (Phi) is 5.60. The molecule has 1 amide bonds. The Morgan fingerprint density at radius 2 is 2.05 bits per heavy atom. The quantitative estimate of drug-likeness (QED) is 0.943. The van der Waals surface area contributed by atoms with Crippen LogP contribution >= 0.6 is 12.4 Å². The summed E-state index contributed by atoms with van der Waals surface area (Å²) in [5.41, 5.74) is 2.78. The predicted molar refractivity (Wildman–Crippen MR) is 83.8 cm³/mol. The fraction of sp³-hybridized carbons (Fsp3) is 0.400. The molecule has 0 spiro atoms. The summed E-state index contributed by atoms with van der Waals surface area (Å²) in [6, 6.07) is 5.97. The largest absolute Gasteiger partial charge is 0.450 e. The first-order chi connectivity index (χ1) is 9.06. The highest BCUT2D eigenvalue weighted by Gasteiger charge is 2.21. The van der Waals surface area contributed by atoms with Gasteiger partial charge in [-0.15, -0.1) is 12.4 Å². The van der Waals surface area contributed by atoms with Crippen LogP contribution in [0.5, 0.6) is 0 Å². The number of carbonyl (C=O) groups is 1. The summed E-state index contributed by atoms with van der Waals surface area (Å²) in [6.45, 7) is 5.35. The number of likely N-dealkylation sites (N-methyl/N-ethyl adjacent to an activating group) is 2. The minimum absolute atomic E-state index is 0. The van der Waals surface area contributed by atoms with Gasteiger partial charge in [-0.25, -0.2) is 0 Å². The SMILES string of the molecule is CNCCN(C)C(=O)c1oc2c(C)cccc2c1C.Cl. The number of fused-ring (bicyclic) bond motifs is 1. The molecule has 4 nitrogen and oxygen atoms in total. The molecular formula is C15H21ClN2O2. The standard InChI is InChI=1S/C15H20N2O2.ClH/c1-10-6-5-7-12-11(2)14(19-13(10)12)15(18)17(4)9-8-16-3;/h5-7,16H,8-9H2,1-4H3;1H. The number of amides is 1. The molecule has 0 saturated heterocycles. The highest BCUT2D eigenvalue weighted by atomic mass is 35.5. The summed E-state index contributed by atoms with van der Waals surface area (Å²) in [7, 11) is 3.66. The van der Waals surface area contributed by atoms with Gasteiger partial charge in [-0.1, -0.05) is 18.2 Å². The molecular weight excluding hydrogens is 276 g/mol. The van der Waals surface area contributed by atoms with Crippen molar-refractivity contribution >= 4 is 29.3 Å². The average molecular weight is 297 g/mol. The van der Waals surface area contributed by atoms with Crippen LogP contribution in [0.1, 0.15) is 21.7 Å². The number of nitrogens with zero attached hydrogens (tertiary/aromatic N) is 1. The number of hydrogen-bond donors (Lipinski definition) is 1. The van der Waals surface area contributed by atoms with E-state index in [0.717, 1.165) is 28.6 Å². The number of nitrogens with one attached hydrogen (secondary N) is 1. The van der Waals surface area contributed by atoms with Crippen LogP contribution in [0.15, 0.2) is 22.6 Å². The summed E-state index contributed by atoms with van der Waals surface area (Å²) in [6.07, 6.45) is 0. The summed E-state index contributed by atoms with van der Waals surface area (Å²) in [5, 5.41) is 4.05. The van der Waals surface area contributed by atoms with Gasteiger partial charge in [0.15, 0.2) is 5.76 Å². The number of halogens is 1. The second kappa shape index (κ2) is 6.77. The molecule has 1 aromatic carbocycles. The zero-order valence-corrected chi connectivity index (χ0v) is 13.1. The van der Waals surface area contributed by atoms with Gasteiger partial charge < -0.3 is 14.6 Å². The summed E-state index contributed by atoms with van der Waals surface area (Å²) in [4.78, 5) is 14.0. The zero-order valence-electron chi connectivity index (χ0n) is 12.3. The lowest BCUT2D eigenvalue weighted by atomic mass is 10.1. The summed E-state index contributed by atoms with van der Waals surface area (Å²) >= 11 is 0. The highest BCUT2D eigenvalue weighted by Crippen LogP contribution is 2.28. The van der Waals surface area contributed by atoms with Crippen molar-refractivity contribution in [1.29, 1.82) is 0 Å². The minimum atomic E-state index is -0.0663. The van der Waals surface area contributed by atoms with Gasteiger partial charge in [0.25, 0.3) is 5.91 Å². The molecule has 110 valence electrons. The summed E-state index contributed by atoms with van der Waals surface area (Å²) < 4.78 is 5.78. The molecule has 2 aromatic rings. The monoisotopic (exact) mass is 296 g/mol. The molecule has 0 fully saturated rings. The first-order valence-electron chi connectivity index (χ1n) is 6.45. The van der Waals surface area contributed by atoms with Gasteiger partial charge in [-0.3, -0.25) is 4.79 Å². The zero-order chi connectivity index (χ0) is 14.0. The van der Waals surface area contributed by atoms with Gasteiger partial charge in [-0.2, -0.15) is 0 Å². The van der Waals surface area contributed by atoms with E-state index >= 15 is 0 Å². The topological polar surface area (TPSA) is 45.5 Å². The van der Waals surface area contributed by atoms with E-state index in [4.69, 9.17) is 4.42 Å². The van der Waals surface area contributed by atoms with Crippen molar-refractivity contribution in [2.24, 2.45) is 0 Å². The number of carbonyl (C=O) groups excluding carboxylic acids is 1. The molecule has 20 heavy (non-hydrogen) atoms. The number of hydrogen-bond acceptors (Lipinski definition) is 3. The first kappa shape index (κ1) is 16.5. The Morgan fingerprint density at radius 3 is 2.65 bits per heavy atom. The Bertz CT molecular complexity index is 607. The highest BCUT2D eigenvalue weighted by molar-refractivity contribution is 5.99. The van der Waals surface area contributed by atoms with Crippen molar-refractivity contribution in [3.8, 4) is 0 Å². The van der Waals surface area contributed by atoms with Gasteiger partial charge >= 0.3 is 0 Å². The van der Waals surface area contributed by atoms with Crippen LogP contribution in [0.3, 0.4) is 0 Å². The Balaban J connectivity index is 0.00000200. The lowest BCUT2D eigenvalue weighted by Gasteiger charge is -2.15. The number of rotatable bonds is 4. The van der Waals surface area contributed by atoms with Gasteiger partial charge in [0.1, 0.15) is 5.58 Å². The maximum Gasteiger partial charge on any atom is 0.289 e. The Hall–Kier alpha value is -1.52. The van der Waals surface area contributed by atoms with Crippen molar-refractivity contribution < 1.29 is 9.21 Å². The third-order valence-electron chi connectivity index (χ3n) is 3.40. The fourth-order valence-electron chi connectivity index (χ4n) is 2.14. The number of furan rings is 1. The maximum absolute atomic E-state index is 12.4. The van der Waals surface area contributed by atoms with E-state index in [1.807, 2.05) is 39.1 Å². The van der Waals surface area contributed by atoms with Crippen LogP contribution in [0.2, 0.25) is 0 Å². The van der Waals surface area contributed by atoms with E-state index in [0.29, 0.717) is 12.3 Å². The molecule has 0 aliphatic carbocycles. The molecule has 0 saturated carbocycles. The van der Waals surface area contributed by atoms with Gasteiger partial charge in [-0.05, 0) is 26.5 Å². The van der Waals surface area contributed by atoms with E-state index in [9.17, 15) is 4.79 Å². The average Bonchev–Trinajstić information content (AvgIpc) is 2.74. The molecule has 1 aromatic heterocycles. The predicted octanol–water partition coefficient (Wildman–Crippen LogP) is 2.76. The smallest absolute Gasteiger partial charge is 0.289 e. The molecule has 0 radical (unpaired) electrons. The minimum Gasteiger partial charge on any atom is -0.450 e. The number of para-hydroxylation sites is 1. The van der Waals surface area contributed by atoms with E-state index < -0.39 is 0 Å². The van der Waals surface area contributed by atoms with Crippen LogP contribution in [0.25, 0.3) is 11.0 Å². The third kappa shape index (κ3) is 2.97. The van der Waals surface area contributed by atoms with Crippen molar-refractivity contribution in [3.63, 3.8) is 0 Å². The van der Waals surface area contributed by atoms with Crippen molar-refractivity contribution in [1.82, 2.24) is 10.2 Å². The third-order valence-corrected chi connectivity index (χ3v) is 3.40. The fourth-order valence-corrected chi connectivity index (χ4v) is 2.14. The van der Waals surface area contributed by atoms with Crippen molar-refractivity contribution in [2.45, 2.75) is 13.8 Å². The van der Waals surface area contributed by atoms with E-state index in [1.165, 1.54) is 0 Å². The Morgan fingerprint density at radius 1 is 1.35 bits per heavy atom. The second-order valence-corrected chi connectivity index (χ2v) is 4.84. The normalized spacial score (nSPS) is 10.4. The molecule has 0 bridgehead atoms. The van der Waals surface area contributed by atoms with Crippen LogP contribution < -0.4 is 5.32 Å². The molecule has 0 aliphatic heterocycles. The van der Waals surface area contributed by atoms with Crippen molar-refractivity contribution in [2.75, 3.05) is 27.2 Å². The number of aryl methyl sites for hydroxylation is 2. The van der Waals surface area contributed by atoms with Gasteiger partial charge in [0.2, 0.25) is 0 Å². The molecule has 2 rings (SSSR count). The van der Waals surface area contributed by atoms with Crippen LogP contribution in [0.4, 0.5) is 0 Å². The van der Waals surface area contributed by atoms with Gasteiger partial charge in [0, 0.05) is 31.1 Å². The summed E-state index contributed by atoms with van der Waals surface area (Å²) in [5.74, 6) is 0.381. The molecule has 0 unspecified atom stereocenters. The second-order valence-electron chi connectivity index (χ2n) is 4.84. The molecule has 5 heteroatoms. The van der Waals surface area contributed by atoms with E-state index in [-0.39, 0.29) is 18.3 Å². The lowest BCUT2D eigenvalue weighted by molar-refractivity contribution is 0.0767. The molecule has 0 atom stereocenters. The van der Waals surface area contributed by atoms with E-state index in [1.54, 1.807) is 11.9 Å². The van der Waals surface area contributed by atoms with Crippen LogP contribution in [0, 0.1) is 13.8 Å². The maximum atomic E-state index is 12.4. The lowest BCUT2D eigenvalue weighted by Crippen LogP contribution is -2.32. The van der Waals surface area contributed by atoms with E-state index in [2.05, 4.69) is 5.32 Å². The molecule has 0 aliphatic rings. The van der Waals surface area contributed by atoms with Gasteiger partial charge in [0.05, 0.1) is 0 Å². The number of benzene rings is 1. The molecule has 1 N–H and O–H groups in total. The van der Waals surface area contributed by atoms with Crippen molar-refractivity contribution in [3.05, 3.63) is 35.1 Å². The molecule has 1 heterocycles. The van der Waals surface area contributed by atoms with Crippen LogP contribution in [-0.4, -0.2) is 38.0 Å². The first-order valence-corrected chi connectivity index (χ1v) is 6.45. The Labute approximate surface area is 125 Å².